The van der Waals surface area contributed by atoms with Gasteiger partial charge < -0.3 is 10.1 Å². The molecule has 0 saturated heterocycles. The molecular formula is C14H20ClNO4S. The molecule has 0 bridgehead atoms. The Morgan fingerprint density at radius 3 is 2.48 bits per heavy atom. The number of nitrogens with one attached hydrogen (secondary N) is 1. The minimum Gasteiger partial charge on any atom is -0.494 e. The zero-order valence-electron chi connectivity index (χ0n) is 12.6. The van der Waals surface area contributed by atoms with Gasteiger partial charge in [-0.25, -0.2) is 8.42 Å². The molecule has 1 N–H and O–H groups in total. The van der Waals surface area contributed by atoms with Crippen molar-refractivity contribution >= 4 is 33.0 Å². The summed E-state index contributed by atoms with van der Waals surface area (Å²) in [7, 11) is -3.52. The number of carbonyl (C=O) groups excluding carboxylic acids is 1. The lowest BCUT2D eigenvalue weighted by Crippen LogP contribution is -2.43. The molecule has 0 radical (unpaired) electrons. The van der Waals surface area contributed by atoms with Crippen molar-refractivity contribution < 1.29 is 17.9 Å². The monoisotopic (exact) mass is 333 g/mol. The number of anilines is 1. The van der Waals surface area contributed by atoms with E-state index in [4.69, 9.17) is 16.3 Å². The van der Waals surface area contributed by atoms with Crippen LogP contribution in [-0.2, 0) is 20.5 Å². The number of hydrogen-bond donors (Lipinski definition) is 1. The quantitative estimate of drug-likeness (QED) is 0.812. The van der Waals surface area contributed by atoms with E-state index in [9.17, 15) is 13.2 Å². The van der Waals surface area contributed by atoms with E-state index in [0.717, 1.165) is 11.8 Å². The van der Waals surface area contributed by atoms with Crippen LogP contribution >= 0.6 is 11.6 Å². The summed E-state index contributed by atoms with van der Waals surface area (Å²) in [4.78, 5) is 12.1. The molecule has 0 heterocycles. The third kappa shape index (κ3) is 4.11. The normalized spacial score (nSPS) is 12.0. The highest BCUT2D eigenvalue weighted by Gasteiger charge is 2.38. The molecule has 0 fully saturated rings. The molecule has 0 aromatic heterocycles. The maximum atomic E-state index is 12.1. The molecule has 5 nitrogen and oxygen atoms in total. The van der Waals surface area contributed by atoms with Gasteiger partial charge in [-0.2, -0.15) is 0 Å². The fourth-order valence-corrected chi connectivity index (χ4v) is 2.10. The van der Waals surface area contributed by atoms with Gasteiger partial charge in [-0.15, -0.1) is 11.6 Å². The van der Waals surface area contributed by atoms with Gasteiger partial charge in [0.25, 0.3) is 0 Å². The van der Waals surface area contributed by atoms with E-state index >= 15 is 0 Å². The molecular weight excluding hydrogens is 314 g/mol. The second-order valence-electron chi connectivity index (χ2n) is 5.13. The van der Waals surface area contributed by atoms with Gasteiger partial charge in [0, 0.05) is 17.5 Å². The van der Waals surface area contributed by atoms with E-state index in [0.29, 0.717) is 18.0 Å². The van der Waals surface area contributed by atoms with Crippen LogP contribution in [0, 0.1) is 0 Å². The highest BCUT2D eigenvalue weighted by atomic mass is 35.5. The predicted octanol–water partition coefficient (Wildman–Crippen LogP) is 2.59. The summed E-state index contributed by atoms with van der Waals surface area (Å²) in [5, 5.41) is 2.60. The fraction of sp³-hybridized carbons (Fsp3) is 0.500. The van der Waals surface area contributed by atoms with Crippen molar-refractivity contribution in [3.8, 4) is 5.75 Å². The lowest BCUT2D eigenvalue weighted by Gasteiger charge is -2.21. The molecule has 0 atom stereocenters. The number of halogens is 1. The Kier molecular flexibility index (Phi) is 5.64. The molecule has 1 rings (SSSR count). The molecule has 21 heavy (non-hydrogen) atoms. The first-order valence-electron chi connectivity index (χ1n) is 6.46. The number of sulfone groups is 1. The minimum absolute atomic E-state index is 0.231. The second-order valence-corrected chi connectivity index (χ2v) is 7.96. The van der Waals surface area contributed by atoms with Crippen molar-refractivity contribution in [2.24, 2.45) is 0 Å². The number of amides is 1. The van der Waals surface area contributed by atoms with E-state index in [-0.39, 0.29) is 5.88 Å². The Morgan fingerprint density at radius 2 is 2.00 bits per heavy atom. The number of alkyl halides is 1. The summed E-state index contributed by atoms with van der Waals surface area (Å²) in [5.41, 5.74) is 1.21. The summed E-state index contributed by atoms with van der Waals surface area (Å²) < 4.78 is 27.2. The van der Waals surface area contributed by atoms with Crippen LogP contribution in [0.2, 0.25) is 0 Å². The smallest absolute Gasteiger partial charge is 0.245 e. The van der Waals surface area contributed by atoms with E-state index in [2.05, 4.69) is 5.32 Å². The zero-order chi connectivity index (χ0) is 16.3. The lowest BCUT2D eigenvalue weighted by atomic mass is 10.1. The molecule has 0 aliphatic heterocycles. The van der Waals surface area contributed by atoms with E-state index < -0.39 is 20.5 Å². The van der Waals surface area contributed by atoms with Crippen molar-refractivity contribution in [2.45, 2.75) is 31.4 Å². The third-order valence-corrected chi connectivity index (χ3v) is 5.56. The molecule has 1 aromatic rings. The molecule has 7 heteroatoms. The first-order chi connectivity index (χ1) is 9.63. The van der Waals surface area contributed by atoms with Crippen molar-refractivity contribution in [1.82, 2.24) is 0 Å². The topological polar surface area (TPSA) is 72.5 Å². The van der Waals surface area contributed by atoms with Gasteiger partial charge in [0.05, 0.1) is 12.5 Å². The Labute approximate surface area is 130 Å². The van der Waals surface area contributed by atoms with Crippen molar-refractivity contribution in [1.29, 1.82) is 0 Å². The molecule has 0 saturated carbocycles. The van der Waals surface area contributed by atoms with E-state index in [1.54, 1.807) is 18.2 Å². The van der Waals surface area contributed by atoms with Crippen molar-refractivity contribution in [3.05, 3.63) is 23.8 Å². The van der Waals surface area contributed by atoms with Crippen LogP contribution in [-0.4, -0.2) is 31.9 Å². The summed E-state index contributed by atoms with van der Waals surface area (Å²) in [6, 6.07) is 5.02. The van der Waals surface area contributed by atoms with E-state index in [1.165, 1.54) is 13.8 Å². The maximum Gasteiger partial charge on any atom is 0.245 e. The first-order valence-corrected chi connectivity index (χ1v) is 8.88. The average Bonchev–Trinajstić information content (AvgIpc) is 2.39. The highest BCUT2D eigenvalue weighted by molar-refractivity contribution is 7.92. The van der Waals surface area contributed by atoms with Gasteiger partial charge in [-0.05, 0) is 39.0 Å². The van der Waals surface area contributed by atoms with Crippen molar-refractivity contribution in [2.75, 3.05) is 18.2 Å². The molecule has 1 aromatic carbocycles. The van der Waals surface area contributed by atoms with Gasteiger partial charge in [0.15, 0.2) is 9.84 Å². The second kappa shape index (κ2) is 6.66. The van der Waals surface area contributed by atoms with Crippen LogP contribution in [0.5, 0.6) is 5.75 Å². The zero-order valence-corrected chi connectivity index (χ0v) is 14.1. The lowest BCUT2D eigenvalue weighted by molar-refractivity contribution is -0.117. The van der Waals surface area contributed by atoms with Crippen LogP contribution < -0.4 is 10.1 Å². The summed E-state index contributed by atoms with van der Waals surface area (Å²) in [6.45, 7) is 5.11. The van der Waals surface area contributed by atoms with Crippen LogP contribution in [0.1, 0.15) is 26.3 Å². The Morgan fingerprint density at radius 1 is 1.38 bits per heavy atom. The van der Waals surface area contributed by atoms with Crippen LogP contribution in [0.4, 0.5) is 5.69 Å². The Balaban J connectivity index is 3.01. The fourth-order valence-electron chi connectivity index (χ4n) is 1.51. The summed E-state index contributed by atoms with van der Waals surface area (Å²) >= 11 is 5.85. The van der Waals surface area contributed by atoms with Crippen molar-refractivity contribution in [3.63, 3.8) is 0 Å². The van der Waals surface area contributed by atoms with Gasteiger partial charge >= 0.3 is 0 Å². The number of carbonyl (C=O) groups is 1. The van der Waals surface area contributed by atoms with Gasteiger partial charge in [0.2, 0.25) is 5.91 Å². The predicted molar refractivity (Wildman–Crippen MR) is 84.7 cm³/mol. The van der Waals surface area contributed by atoms with Gasteiger partial charge in [0.1, 0.15) is 10.5 Å². The molecule has 0 spiro atoms. The number of hydrogen-bond acceptors (Lipinski definition) is 4. The molecule has 0 aliphatic carbocycles. The average molecular weight is 334 g/mol. The number of ether oxygens (including phenoxy) is 1. The number of rotatable bonds is 6. The van der Waals surface area contributed by atoms with Gasteiger partial charge in [-0.3, -0.25) is 4.79 Å². The van der Waals surface area contributed by atoms with Gasteiger partial charge in [-0.1, -0.05) is 0 Å². The SMILES string of the molecule is CCOc1ccc(NC(=O)C(C)(C)S(C)(=O)=O)cc1CCl. The summed E-state index contributed by atoms with van der Waals surface area (Å²) in [5.74, 6) is 0.289. The van der Waals surface area contributed by atoms with Crippen LogP contribution in [0.3, 0.4) is 0 Å². The maximum absolute atomic E-state index is 12.1. The number of benzene rings is 1. The Hall–Kier alpha value is -1.27. The third-order valence-electron chi connectivity index (χ3n) is 3.24. The summed E-state index contributed by atoms with van der Waals surface area (Å²) in [6.07, 6.45) is 1.04. The Bertz CT molecular complexity index is 626. The molecule has 0 aliphatic rings. The molecule has 1 amide bonds. The molecule has 118 valence electrons. The molecule has 0 unspecified atom stereocenters. The van der Waals surface area contributed by atoms with Crippen LogP contribution in [0.15, 0.2) is 18.2 Å². The van der Waals surface area contributed by atoms with E-state index in [1.807, 2.05) is 6.92 Å². The highest BCUT2D eigenvalue weighted by Crippen LogP contribution is 2.26. The minimum atomic E-state index is -3.52. The standard InChI is InChI=1S/C14H20ClNO4S/c1-5-20-12-7-6-11(8-10(12)9-15)16-13(17)14(2,3)21(4,18)19/h6-8H,5,9H2,1-4H3,(H,16,17). The van der Waals surface area contributed by atoms with Crippen LogP contribution in [0.25, 0.3) is 0 Å². The first kappa shape index (κ1) is 17.8. The largest absolute Gasteiger partial charge is 0.494 e.